The van der Waals surface area contributed by atoms with Crippen LogP contribution >= 0.6 is 11.8 Å². The summed E-state index contributed by atoms with van der Waals surface area (Å²) >= 11 is 1.47. The highest BCUT2D eigenvalue weighted by atomic mass is 32.2. The van der Waals surface area contributed by atoms with Gasteiger partial charge in [0.05, 0.1) is 10.6 Å². The second-order valence-corrected chi connectivity index (χ2v) is 8.87. The minimum atomic E-state index is -0.118. The molecule has 4 nitrogen and oxygen atoms in total. The third kappa shape index (κ3) is 4.73. The van der Waals surface area contributed by atoms with Crippen LogP contribution in [0.2, 0.25) is 0 Å². The van der Waals surface area contributed by atoms with Crippen LogP contribution in [0.25, 0.3) is 6.08 Å². The summed E-state index contributed by atoms with van der Waals surface area (Å²) in [6.45, 7) is 2.10. The molecule has 2 aliphatic rings. The quantitative estimate of drug-likeness (QED) is 0.733. The largest absolute Gasteiger partial charge is 0.352 e. The molecule has 0 bridgehead atoms. The number of rotatable bonds is 4. The van der Waals surface area contributed by atoms with E-state index in [0.29, 0.717) is 4.91 Å². The maximum absolute atomic E-state index is 13.2. The van der Waals surface area contributed by atoms with E-state index in [9.17, 15) is 9.59 Å². The van der Waals surface area contributed by atoms with Gasteiger partial charge in [0, 0.05) is 10.9 Å². The fourth-order valence-electron chi connectivity index (χ4n) is 3.90. The number of thioether (sulfide) groups is 1. The minimum Gasteiger partial charge on any atom is -0.352 e. The summed E-state index contributed by atoms with van der Waals surface area (Å²) in [6, 6.07) is 16.1. The molecule has 1 heterocycles. The number of nitrogens with zero attached hydrogens (tertiary/aromatic N) is 1. The first-order valence-electron chi connectivity index (χ1n) is 10.3. The molecule has 1 fully saturated rings. The lowest BCUT2D eigenvalue weighted by Crippen LogP contribution is -2.46. The molecule has 1 aliphatic carbocycles. The minimum absolute atomic E-state index is 0.0537. The Morgan fingerprint density at radius 1 is 1.10 bits per heavy atom. The van der Waals surface area contributed by atoms with E-state index in [1.54, 1.807) is 4.90 Å². The van der Waals surface area contributed by atoms with Crippen molar-refractivity contribution in [3.05, 3.63) is 64.6 Å². The van der Waals surface area contributed by atoms with Gasteiger partial charge in [0.2, 0.25) is 5.91 Å². The summed E-state index contributed by atoms with van der Waals surface area (Å²) in [7, 11) is 0. The van der Waals surface area contributed by atoms with E-state index in [2.05, 4.69) is 5.32 Å². The van der Waals surface area contributed by atoms with Gasteiger partial charge in [-0.05, 0) is 43.5 Å². The number of aryl methyl sites for hydroxylation is 1. The molecule has 0 aromatic heterocycles. The molecule has 0 atom stereocenters. The van der Waals surface area contributed by atoms with Crippen LogP contribution in [0.3, 0.4) is 0 Å². The lowest BCUT2D eigenvalue weighted by molar-refractivity contribution is -0.123. The van der Waals surface area contributed by atoms with Crippen molar-refractivity contribution in [3.8, 4) is 0 Å². The summed E-state index contributed by atoms with van der Waals surface area (Å²) in [5, 5.41) is 3.13. The van der Waals surface area contributed by atoms with Gasteiger partial charge in [0.1, 0.15) is 6.54 Å². The number of anilines is 1. The lowest BCUT2D eigenvalue weighted by Gasteiger charge is -2.31. The monoisotopic (exact) mass is 406 g/mol. The summed E-state index contributed by atoms with van der Waals surface area (Å²) in [6.07, 6.45) is 7.55. The lowest BCUT2D eigenvalue weighted by atomic mass is 9.95. The Bertz CT molecular complexity index is 930. The highest BCUT2D eigenvalue weighted by Crippen LogP contribution is 2.41. The van der Waals surface area contributed by atoms with Crippen molar-refractivity contribution in [2.45, 2.75) is 50.0 Å². The normalized spacial score (nSPS) is 18.6. The van der Waals surface area contributed by atoms with Crippen LogP contribution in [-0.2, 0) is 9.59 Å². The maximum Gasteiger partial charge on any atom is 0.265 e. The number of nitrogens with one attached hydrogen (secondary N) is 1. The van der Waals surface area contributed by atoms with Gasteiger partial charge < -0.3 is 5.32 Å². The zero-order chi connectivity index (χ0) is 20.2. The third-order valence-corrected chi connectivity index (χ3v) is 6.56. The number of hydrogen-bond donors (Lipinski definition) is 1. The van der Waals surface area contributed by atoms with Crippen LogP contribution < -0.4 is 10.2 Å². The number of carbonyl (C=O) groups excluding carboxylic acids is 2. The van der Waals surface area contributed by atoms with Gasteiger partial charge in [-0.15, -0.1) is 0 Å². The smallest absolute Gasteiger partial charge is 0.265 e. The first-order chi connectivity index (χ1) is 14.1. The predicted octanol–water partition coefficient (Wildman–Crippen LogP) is 4.92. The highest BCUT2D eigenvalue weighted by Gasteiger charge is 2.31. The second kappa shape index (κ2) is 8.87. The molecule has 2 aromatic carbocycles. The number of benzene rings is 2. The highest BCUT2D eigenvalue weighted by molar-refractivity contribution is 8.04. The Balaban J connectivity index is 1.57. The van der Waals surface area contributed by atoms with E-state index in [1.807, 2.05) is 61.5 Å². The Hall–Kier alpha value is -2.53. The maximum atomic E-state index is 13.2. The Morgan fingerprint density at radius 3 is 2.59 bits per heavy atom. The summed E-state index contributed by atoms with van der Waals surface area (Å²) in [4.78, 5) is 29.2. The molecule has 1 N–H and O–H groups in total. The fraction of sp³-hybridized carbons (Fsp3) is 0.333. The van der Waals surface area contributed by atoms with Crippen LogP contribution in [0.5, 0.6) is 0 Å². The van der Waals surface area contributed by atoms with E-state index in [1.165, 1.54) is 23.7 Å². The van der Waals surface area contributed by atoms with Gasteiger partial charge in [-0.1, -0.05) is 73.0 Å². The van der Waals surface area contributed by atoms with Gasteiger partial charge in [0.15, 0.2) is 0 Å². The van der Waals surface area contributed by atoms with E-state index in [4.69, 9.17) is 0 Å². The number of para-hydroxylation sites is 1. The van der Waals surface area contributed by atoms with Gasteiger partial charge in [-0.25, -0.2) is 0 Å². The number of carbonyl (C=O) groups is 2. The number of amides is 2. The molecular weight excluding hydrogens is 380 g/mol. The molecule has 0 saturated heterocycles. The number of hydrogen-bond acceptors (Lipinski definition) is 3. The van der Waals surface area contributed by atoms with E-state index in [-0.39, 0.29) is 24.4 Å². The Labute approximate surface area is 176 Å². The molecule has 0 spiro atoms. The van der Waals surface area contributed by atoms with E-state index in [0.717, 1.165) is 41.8 Å². The van der Waals surface area contributed by atoms with Crippen molar-refractivity contribution in [3.63, 3.8) is 0 Å². The molecule has 0 radical (unpaired) electrons. The van der Waals surface area contributed by atoms with Crippen molar-refractivity contribution in [1.29, 1.82) is 0 Å². The molecule has 2 amide bonds. The van der Waals surface area contributed by atoms with Crippen LogP contribution in [0, 0.1) is 6.92 Å². The zero-order valence-corrected chi connectivity index (χ0v) is 17.5. The SMILES string of the molecule is Cc1ccc(C=C2Sc3ccccc3N(CC(=O)NC3CCCCC3)C2=O)cc1. The van der Waals surface area contributed by atoms with Crippen molar-refractivity contribution in [1.82, 2.24) is 5.32 Å². The Kier molecular flexibility index (Phi) is 6.05. The van der Waals surface area contributed by atoms with Crippen molar-refractivity contribution >= 4 is 35.3 Å². The topological polar surface area (TPSA) is 49.4 Å². The van der Waals surface area contributed by atoms with Crippen molar-refractivity contribution in [2.24, 2.45) is 0 Å². The summed E-state index contributed by atoms with van der Waals surface area (Å²) in [5.74, 6) is -0.199. The van der Waals surface area contributed by atoms with Gasteiger partial charge in [-0.3, -0.25) is 14.5 Å². The van der Waals surface area contributed by atoms with Gasteiger partial charge in [-0.2, -0.15) is 0 Å². The average molecular weight is 407 g/mol. The third-order valence-electron chi connectivity index (χ3n) is 5.48. The zero-order valence-electron chi connectivity index (χ0n) is 16.7. The molecule has 1 saturated carbocycles. The average Bonchev–Trinajstić information content (AvgIpc) is 2.73. The summed E-state index contributed by atoms with van der Waals surface area (Å²) in [5.41, 5.74) is 2.97. The van der Waals surface area contributed by atoms with Gasteiger partial charge >= 0.3 is 0 Å². The second-order valence-electron chi connectivity index (χ2n) is 7.78. The van der Waals surface area contributed by atoms with E-state index >= 15 is 0 Å². The fourth-order valence-corrected chi connectivity index (χ4v) is 4.96. The summed E-state index contributed by atoms with van der Waals surface area (Å²) < 4.78 is 0. The molecule has 0 unspecified atom stereocenters. The van der Waals surface area contributed by atoms with Crippen LogP contribution in [0.15, 0.2) is 58.3 Å². The molecule has 4 rings (SSSR count). The first kappa shape index (κ1) is 19.8. The molecule has 150 valence electrons. The molecule has 29 heavy (non-hydrogen) atoms. The first-order valence-corrected chi connectivity index (χ1v) is 11.1. The molecule has 2 aromatic rings. The Morgan fingerprint density at radius 2 is 1.83 bits per heavy atom. The number of fused-ring (bicyclic) bond motifs is 1. The predicted molar refractivity (Wildman–Crippen MR) is 119 cm³/mol. The van der Waals surface area contributed by atoms with E-state index < -0.39 is 0 Å². The molecular formula is C24H26N2O2S. The van der Waals surface area contributed by atoms with Gasteiger partial charge in [0.25, 0.3) is 5.91 Å². The van der Waals surface area contributed by atoms with Crippen LogP contribution in [0.1, 0.15) is 43.2 Å². The van der Waals surface area contributed by atoms with Crippen LogP contribution in [-0.4, -0.2) is 24.4 Å². The van der Waals surface area contributed by atoms with Crippen molar-refractivity contribution in [2.75, 3.05) is 11.4 Å². The standard InChI is InChI=1S/C24H26N2O2S/c1-17-11-13-18(14-12-17)15-22-24(28)26(20-9-5-6-10-21(20)29-22)16-23(27)25-19-7-3-2-4-8-19/h5-6,9-15,19H,2-4,7-8,16H2,1H3,(H,25,27). The molecule has 5 heteroatoms. The molecule has 1 aliphatic heterocycles. The van der Waals surface area contributed by atoms with Crippen molar-refractivity contribution < 1.29 is 9.59 Å². The van der Waals surface area contributed by atoms with Crippen LogP contribution in [0.4, 0.5) is 5.69 Å².